The Labute approximate surface area is 221 Å². The van der Waals surface area contributed by atoms with Crippen molar-refractivity contribution in [1.29, 1.82) is 0 Å². The van der Waals surface area contributed by atoms with Crippen molar-refractivity contribution in [2.24, 2.45) is 0 Å². The third-order valence-electron chi connectivity index (χ3n) is 7.37. The molecule has 11 heteroatoms. The lowest BCUT2D eigenvalue weighted by Crippen LogP contribution is -2.47. The van der Waals surface area contributed by atoms with E-state index in [9.17, 15) is 23.2 Å². The van der Waals surface area contributed by atoms with Crippen molar-refractivity contribution in [1.82, 2.24) is 29.8 Å². The Morgan fingerprint density at radius 3 is 2.64 bits per heavy atom. The molecule has 2 aliphatic rings. The summed E-state index contributed by atoms with van der Waals surface area (Å²) in [5.41, 5.74) is 1.89. The number of aromatic amines is 1. The van der Waals surface area contributed by atoms with Crippen LogP contribution in [0.3, 0.4) is 0 Å². The molecule has 39 heavy (non-hydrogen) atoms. The first-order chi connectivity index (χ1) is 18.9. The third kappa shape index (κ3) is 4.91. The number of alkyl halides is 1. The van der Waals surface area contributed by atoms with Crippen molar-refractivity contribution >= 4 is 17.5 Å². The first-order valence-corrected chi connectivity index (χ1v) is 12.9. The SMILES string of the molecule is O=C(N[C@H](c1ccccc1)c1ccc(C2CC2)c(F)n1)[C@@H]1C[C@@H](F)CN1C(=O)Cc1cccn2c(=O)[nH]nc12. The van der Waals surface area contributed by atoms with Gasteiger partial charge in [0.05, 0.1) is 24.7 Å². The summed E-state index contributed by atoms with van der Waals surface area (Å²) < 4.78 is 30.7. The van der Waals surface area contributed by atoms with Gasteiger partial charge in [-0.05, 0) is 36.5 Å². The molecule has 1 saturated carbocycles. The van der Waals surface area contributed by atoms with Gasteiger partial charge in [0.2, 0.25) is 17.8 Å². The fourth-order valence-corrected chi connectivity index (χ4v) is 5.23. The van der Waals surface area contributed by atoms with E-state index in [1.165, 1.54) is 15.5 Å². The van der Waals surface area contributed by atoms with Crippen molar-refractivity contribution in [2.45, 2.75) is 49.9 Å². The van der Waals surface area contributed by atoms with Crippen LogP contribution < -0.4 is 11.0 Å². The Balaban J connectivity index is 1.25. The maximum Gasteiger partial charge on any atom is 0.347 e. The molecular formula is C28H26F2N6O3. The number of pyridine rings is 2. The van der Waals surface area contributed by atoms with Gasteiger partial charge in [-0.25, -0.2) is 19.3 Å². The zero-order valence-electron chi connectivity index (χ0n) is 20.9. The van der Waals surface area contributed by atoms with Gasteiger partial charge in [-0.3, -0.25) is 14.0 Å². The van der Waals surface area contributed by atoms with E-state index in [1.807, 2.05) is 6.07 Å². The highest BCUT2D eigenvalue weighted by Gasteiger charge is 2.41. The lowest BCUT2D eigenvalue weighted by atomic mass is 10.0. The minimum absolute atomic E-state index is 0.159. The van der Waals surface area contributed by atoms with Gasteiger partial charge >= 0.3 is 5.69 Å². The summed E-state index contributed by atoms with van der Waals surface area (Å²) >= 11 is 0. The van der Waals surface area contributed by atoms with Crippen molar-refractivity contribution in [3.63, 3.8) is 0 Å². The average molecular weight is 533 g/mol. The van der Waals surface area contributed by atoms with Gasteiger partial charge in [0.1, 0.15) is 12.2 Å². The van der Waals surface area contributed by atoms with Crippen LogP contribution in [0.1, 0.15) is 53.6 Å². The van der Waals surface area contributed by atoms with Gasteiger partial charge < -0.3 is 10.2 Å². The first kappa shape index (κ1) is 24.9. The Morgan fingerprint density at radius 1 is 1.10 bits per heavy atom. The lowest BCUT2D eigenvalue weighted by Gasteiger charge is -2.27. The van der Waals surface area contributed by atoms with E-state index in [0.717, 1.165) is 12.8 Å². The molecule has 0 spiro atoms. The predicted octanol–water partition coefficient (Wildman–Crippen LogP) is 2.82. The molecule has 0 radical (unpaired) electrons. The Morgan fingerprint density at radius 2 is 1.90 bits per heavy atom. The molecular weight excluding hydrogens is 506 g/mol. The number of rotatable bonds is 7. The fourth-order valence-electron chi connectivity index (χ4n) is 5.23. The lowest BCUT2D eigenvalue weighted by molar-refractivity contribution is -0.138. The molecule has 4 heterocycles. The number of nitrogens with one attached hydrogen (secondary N) is 2. The van der Waals surface area contributed by atoms with Crippen molar-refractivity contribution in [2.75, 3.05) is 6.54 Å². The summed E-state index contributed by atoms with van der Waals surface area (Å²) in [6.07, 6.45) is 1.68. The van der Waals surface area contributed by atoms with Crippen LogP contribution >= 0.6 is 0 Å². The van der Waals surface area contributed by atoms with Crippen LogP contribution in [0, 0.1) is 5.95 Å². The van der Waals surface area contributed by atoms with Crippen molar-refractivity contribution in [3.8, 4) is 0 Å². The standard InChI is InChI=1S/C28H26F2N6O3/c29-19-14-22(36(15-19)23(37)13-18-7-4-12-35-26(18)33-34-28(35)39)27(38)32-24(17-5-2-1-3-6-17)21-11-10-20(16-8-9-16)25(30)31-21/h1-7,10-12,16,19,22,24H,8-9,13-15H2,(H,32,38)(H,34,39)/t19-,22+,24-/m1/s1. The minimum Gasteiger partial charge on any atom is -0.342 e. The maximum absolute atomic E-state index is 14.8. The Hall–Kier alpha value is -4.41. The molecule has 2 N–H and O–H groups in total. The number of nitrogens with zero attached hydrogens (tertiary/aromatic N) is 4. The second kappa shape index (κ2) is 10.0. The number of fused-ring (bicyclic) bond motifs is 1. The largest absolute Gasteiger partial charge is 0.347 e. The zero-order valence-corrected chi connectivity index (χ0v) is 20.9. The van der Waals surface area contributed by atoms with Gasteiger partial charge in [-0.15, -0.1) is 0 Å². The summed E-state index contributed by atoms with van der Waals surface area (Å²) in [6.45, 7) is -0.230. The minimum atomic E-state index is -1.38. The molecule has 3 atom stereocenters. The van der Waals surface area contributed by atoms with Crippen molar-refractivity contribution in [3.05, 3.63) is 99.6 Å². The molecule has 0 unspecified atom stereocenters. The second-order valence-corrected chi connectivity index (χ2v) is 10.1. The van der Waals surface area contributed by atoms with E-state index in [1.54, 1.807) is 48.5 Å². The number of amides is 2. The topological polar surface area (TPSA) is 112 Å². The van der Waals surface area contributed by atoms with E-state index in [4.69, 9.17) is 0 Å². The van der Waals surface area contributed by atoms with Crippen LogP contribution in [-0.2, 0) is 16.0 Å². The molecule has 2 fully saturated rings. The molecule has 0 bridgehead atoms. The fraction of sp³-hybridized carbons (Fsp3) is 0.321. The number of hydrogen-bond donors (Lipinski definition) is 2. The summed E-state index contributed by atoms with van der Waals surface area (Å²) in [4.78, 5) is 44.1. The average Bonchev–Trinajstić information content (AvgIpc) is 3.59. The number of likely N-dealkylation sites (tertiary alicyclic amines) is 1. The number of aromatic nitrogens is 4. The number of carbonyl (C=O) groups is 2. The molecule has 200 valence electrons. The highest BCUT2D eigenvalue weighted by Crippen LogP contribution is 2.41. The van der Waals surface area contributed by atoms with E-state index in [2.05, 4.69) is 20.5 Å². The van der Waals surface area contributed by atoms with Crippen LogP contribution in [0.15, 0.2) is 65.6 Å². The number of H-pyrrole nitrogens is 1. The smallest absolute Gasteiger partial charge is 0.342 e. The Bertz CT molecular complexity index is 1600. The molecule has 4 aromatic rings. The molecule has 9 nitrogen and oxygen atoms in total. The summed E-state index contributed by atoms with van der Waals surface area (Å²) in [6, 6.07) is 13.8. The monoisotopic (exact) mass is 532 g/mol. The van der Waals surface area contributed by atoms with Gasteiger partial charge in [0, 0.05) is 23.7 Å². The predicted molar refractivity (Wildman–Crippen MR) is 137 cm³/mol. The van der Waals surface area contributed by atoms with E-state index in [0.29, 0.717) is 28.0 Å². The molecule has 3 aromatic heterocycles. The molecule has 1 aromatic carbocycles. The molecule has 1 aliphatic heterocycles. The van der Waals surface area contributed by atoms with Crippen LogP contribution in [0.2, 0.25) is 0 Å². The zero-order chi connectivity index (χ0) is 27.1. The first-order valence-electron chi connectivity index (χ1n) is 12.9. The van der Waals surface area contributed by atoms with Gasteiger partial charge in [-0.1, -0.05) is 42.5 Å². The number of halogens is 2. The normalized spacial score (nSPS) is 19.8. The van der Waals surface area contributed by atoms with Crippen LogP contribution in [0.4, 0.5) is 8.78 Å². The van der Waals surface area contributed by atoms with Crippen LogP contribution in [-0.4, -0.2) is 55.1 Å². The maximum atomic E-state index is 14.8. The van der Waals surface area contributed by atoms with Gasteiger partial charge in [0.25, 0.3) is 0 Å². The van der Waals surface area contributed by atoms with E-state index in [-0.39, 0.29) is 25.3 Å². The highest BCUT2D eigenvalue weighted by atomic mass is 19.1. The van der Waals surface area contributed by atoms with Gasteiger partial charge in [-0.2, -0.15) is 9.49 Å². The van der Waals surface area contributed by atoms with Gasteiger partial charge in [0.15, 0.2) is 5.65 Å². The quantitative estimate of drug-likeness (QED) is 0.356. The van der Waals surface area contributed by atoms with E-state index >= 15 is 0 Å². The molecule has 1 aliphatic carbocycles. The molecule has 1 saturated heterocycles. The second-order valence-electron chi connectivity index (χ2n) is 10.1. The number of benzene rings is 1. The summed E-state index contributed by atoms with van der Waals surface area (Å²) in [5, 5.41) is 9.20. The molecule has 6 rings (SSSR count). The highest BCUT2D eigenvalue weighted by molar-refractivity contribution is 5.90. The molecule has 2 amide bonds. The summed E-state index contributed by atoms with van der Waals surface area (Å²) in [5.74, 6) is -1.40. The van der Waals surface area contributed by atoms with Crippen LogP contribution in [0.25, 0.3) is 5.65 Å². The Kier molecular flexibility index (Phi) is 6.41. The van der Waals surface area contributed by atoms with E-state index < -0.39 is 41.7 Å². The summed E-state index contributed by atoms with van der Waals surface area (Å²) in [7, 11) is 0. The van der Waals surface area contributed by atoms with Crippen molar-refractivity contribution < 1.29 is 18.4 Å². The number of hydrogen-bond acceptors (Lipinski definition) is 5. The number of carbonyl (C=O) groups excluding carboxylic acids is 2. The third-order valence-corrected chi connectivity index (χ3v) is 7.37. The van der Waals surface area contributed by atoms with Crippen LogP contribution in [0.5, 0.6) is 0 Å².